The molecule has 4 unspecified atom stereocenters. The van der Waals surface area contributed by atoms with Gasteiger partial charge in [-0.25, -0.2) is 4.79 Å². The number of rotatable bonds is 6. The van der Waals surface area contributed by atoms with Crippen molar-refractivity contribution in [3.63, 3.8) is 0 Å². The number of alkyl carbamates (subject to hydrolysis) is 1. The summed E-state index contributed by atoms with van der Waals surface area (Å²) in [5.41, 5.74) is 0.306. The molecule has 6 nitrogen and oxygen atoms in total. The van der Waals surface area contributed by atoms with E-state index in [-0.39, 0.29) is 5.92 Å². The molecule has 0 aliphatic heterocycles. The Labute approximate surface area is 154 Å². The summed E-state index contributed by atoms with van der Waals surface area (Å²) in [6.45, 7) is 5.31. The number of carbonyl (C=O) groups excluding carboxylic acids is 1. The average molecular weight is 363 g/mol. The smallest absolute Gasteiger partial charge is 0.407 e. The maximum Gasteiger partial charge on any atom is 0.407 e. The average Bonchev–Trinajstić information content (AvgIpc) is 3.02. The molecule has 4 atom stereocenters. The topological polar surface area (TPSA) is 95.9 Å². The van der Waals surface area contributed by atoms with Gasteiger partial charge in [0, 0.05) is 5.92 Å². The molecule has 0 bridgehead atoms. The van der Waals surface area contributed by atoms with Crippen molar-refractivity contribution >= 4 is 12.1 Å². The van der Waals surface area contributed by atoms with E-state index in [1.165, 1.54) is 0 Å². The Morgan fingerprint density at radius 3 is 2.46 bits per heavy atom. The van der Waals surface area contributed by atoms with Crippen LogP contribution in [0.5, 0.6) is 0 Å². The van der Waals surface area contributed by atoms with Gasteiger partial charge in [0.2, 0.25) is 0 Å². The largest absolute Gasteiger partial charge is 0.481 e. The molecule has 1 aliphatic rings. The first-order valence-electron chi connectivity index (χ1n) is 9.11. The van der Waals surface area contributed by atoms with Gasteiger partial charge in [-0.1, -0.05) is 36.8 Å². The van der Waals surface area contributed by atoms with E-state index < -0.39 is 35.7 Å². The first-order chi connectivity index (χ1) is 12.2. The molecule has 2 rings (SSSR count). The maximum absolute atomic E-state index is 12.2. The molecule has 0 heterocycles. The first kappa shape index (κ1) is 20.2. The molecule has 0 saturated heterocycles. The van der Waals surface area contributed by atoms with E-state index in [0.29, 0.717) is 19.3 Å². The van der Waals surface area contributed by atoms with Crippen molar-refractivity contribution < 1.29 is 24.5 Å². The molecule has 26 heavy (non-hydrogen) atoms. The van der Waals surface area contributed by atoms with Gasteiger partial charge in [0.05, 0.1) is 18.1 Å². The van der Waals surface area contributed by atoms with Gasteiger partial charge in [-0.15, -0.1) is 0 Å². The number of nitrogens with one attached hydrogen (secondary N) is 1. The van der Waals surface area contributed by atoms with Crippen LogP contribution >= 0.6 is 0 Å². The quantitative estimate of drug-likeness (QED) is 0.722. The Kier molecular flexibility index (Phi) is 6.64. The molecule has 3 N–H and O–H groups in total. The van der Waals surface area contributed by atoms with Crippen LogP contribution in [0.1, 0.15) is 45.6 Å². The number of aliphatic hydroxyl groups excluding tert-OH is 1. The van der Waals surface area contributed by atoms with E-state index in [1.807, 2.05) is 30.3 Å². The van der Waals surface area contributed by atoms with Crippen LogP contribution in [0.25, 0.3) is 0 Å². The van der Waals surface area contributed by atoms with Crippen molar-refractivity contribution in [2.24, 2.45) is 11.8 Å². The zero-order valence-corrected chi connectivity index (χ0v) is 15.6. The van der Waals surface area contributed by atoms with Crippen LogP contribution < -0.4 is 5.32 Å². The van der Waals surface area contributed by atoms with Crippen molar-refractivity contribution in [1.82, 2.24) is 5.32 Å². The van der Waals surface area contributed by atoms with Crippen LogP contribution in [0.15, 0.2) is 30.3 Å². The minimum atomic E-state index is -0.952. The molecule has 1 aromatic carbocycles. The van der Waals surface area contributed by atoms with Gasteiger partial charge < -0.3 is 20.3 Å². The highest BCUT2D eigenvalue weighted by atomic mass is 16.6. The summed E-state index contributed by atoms with van der Waals surface area (Å²) in [5.74, 6) is -1.85. The lowest BCUT2D eigenvalue weighted by molar-refractivity contribution is -0.144. The molecular weight excluding hydrogens is 334 g/mol. The molecule has 0 spiro atoms. The third kappa shape index (κ3) is 5.73. The minimum absolute atomic E-state index is 0.379. The summed E-state index contributed by atoms with van der Waals surface area (Å²) < 4.78 is 5.32. The van der Waals surface area contributed by atoms with Crippen LogP contribution in [0.3, 0.4) is 0 Å². The number of carbonyl (C=O) groups is 2. The Balaban J connectivity index is 2.16. The summed E-state index contributed by atoms with van der Waals surface area (Å²) >= 11 is 0. The van der Waals surface area contributed by atoms with Gasteiger partial charge in [-0.05, 0) is 45.6 Å². The van der Waals surface area contributed by atoms with Gasteiger partial charge in [0.1, 0.15) is 5.60 Å². The second-order valence-electron chi connectivity index (χ2n) is 7.97. The van der Waals surface area contributed by atoms with Gasteiger partial charge in [0.25, 0.3) is 0 Å². The van der Waals surface area contributed by atoms with Gasteiger partial charge in [0.15, 0.2) is 0 Å². The van der Waals surface area contributed by atoms with E-state index in [9.17, 15) is 19.8 Å². The molecule has 1 aliphatic carbocycles. The maximum atomic E-state index is 12.2. The number of hydrogen-bond donors (Lipinski definition) is 3. The van der Waals surface area contributed by atoms with Gasteiger partial charge >= 0.3 is 12.1 Å². The monoisotopic (exact) mass is 363 g/mol. The summed E-state index contributed by atoms with van der Waals surface area (Å²) in [5, 5.41) is 23.1. The fraction of sp³-hybridized carbons (Fsp3) is 0.600. The van der Waals surface area contributed by atoms with E-state index >= 15 is 0 Å². The lowest BCUT2D eigenvalue weighted by Crippen LogP contribution is -2.50. The van der Waals surface area contributed by atoms with E-state index in [1.54, 1.807) is 20.8 Å². The molecule has 1 amide bonds. The normalized spacial score (nSPS) is 22.5. The number of hydrogen-bond acceptors (Lipinski definition) is 4. The number of aliphatic hydroxyl groups is 1. The molecule has 1 fully saturated rings. The number of carboxylic acids is 1. The third-order valence-corrected chi connectivity index (χ3v) is 4.74. The van der Waals surface area contributed by atoms with E-state index in [2.05, 4.69) is 5.32 Å². The lowest BCUT2D eigenvalue weighted by Gasteiger charge is -2.31. The number of amides is 1. The summed E-state index contributed by atoms with van der Waals surface area (Å²) in [4.78, 5) is 23.7. The standard InChI is InChI=1S/C20H29NO5/c1-20(2,3)26-19(25)21-16(12-13-8-5-4-6-9-13)17(22)14-10-7-11-15(14)18(23)24/h4-6,8-9,14-17,22H,7,10-12H2,1-3H3,(H,21,25)(H,23,24). The second-order valence-corrected chi connectivity index (χ2v) is 7.97. The Bertz CT molecular complexity index is 610. The number of carboxylic acid groups (broad SMARTS) is 1. The predicted molar refractivity (Wildman–Crippen MR) is 97.8 cm³/mol. The molecule has 144 valence electrons. The highest BCUT2D eigenvalue weighted by molar-refractivity contribution is 5.71. The van der Waals surface area contributed by atoms with Crippen molar-refractivity contribution in [3.05, 3.63) is 35.9 Å². The van der Waals surface area contributed by atoms with Crippen molar-refractivity contribution in [2.75, 3.05) is 0 Å². The van der Waals surface area contributed by atoms with Gasteiger partial charge in [-0.2, -0.15) is 0 Å². The third-order valence-electron chi connectivity index (χ3n) is 4.74. The highest BCUT2D eigenvalue weighted by Crippen LogP contribution is 2.36. The van der Waals surface area contributed by atoms with Crippen molar-refractivity contribution in [3.8, 4) is 0 Å². The molecule has 6 heteroatoms. The summed E-state index contributed by atoms with van der Waals surface area (Å²) in [7, 11) is 0. The molecular formula is C20H29NO5. The van der Waals surface area contributed by atoms with Gasteiger partial charge in [-0.3, -0.25) is 4.79 Å². The van der Waals surface area contributed by atoms with E-state index in [4.69, 9.17) is 4.74 Å². The van der Waals surface area contributed by atoms with Crippen LogP contribution in [-0.4, -0.2) is 40.0 Å². The molecule has 1 aromatic rings. The fourth-order valence-corrected chi connectivity index (χ4v) is 3.59. The highest BCUT2D eigenvalue weighted by Gasteiger charge is 2.41. The van der Waals surface area contributed by atoms with Crippen molar-refractivity contribution in [1.29, 1.82) is 0 Å². The van der Waals surface area contributed by atoms with Crippen molar-refractivity contribution in [2.45, 2.75) is 64.2 Å². The van der Waals surface area contributed by atoms with Crippen LogP contribution in [0, 0.1) is 11.8 Å². The predicted octanol–water partition coefficient (Wildman–Crippen LogP) is 2.98. The first-order valence-corrected chi connectivity index (χ1v) is 9.11. The molecule has 0 radical (unpaired) electrons. The summed E-state index contributed by atoms with van der Waals surface area (Å²) in [6.07, 6.45) is 0.808. The number of benzene rings is 1. The summed E-state index contributed by atoms with van der Waals surface area (Å²) in [6, 6.07) is 8.90. The zero-order valence-electron chi connectivity index (χ0n) is 15.6. The molecule has 0 aromatic heterocycles. The zero-order chi connectivity index (χ0) is 19.3. The minimum Gasteiger partial charge on any atom is -0.481 e. The van der Waals surface area contributed by atoms with E-state index in [0.717, 1.165) is 12.0 Å². The lowest BCUT2D eigenvalue weighted by atomic mass is 9.85. The number of ether oxygens (including phenoxy) is 1. The Morgan fingerprint density at radius 1 is 1.23 bits per heavy atom. The Hall–Kier alpha value is -2.08. The van der Waals surface area contributed by atoms with Crippen LogP contribution in [-0.2, 0) is 16.0 Å². The molecule has 1 saturated carbocycles. The van der Waals surface area contributed by atoms with Crippen LogP contribution in [0.4, 0.5) is 4.79 Å². The fourth-order valence-electron chi connectivity index (χ4n) is 3.59. The number of aliphatic carboxylic acids is 1. The van der Waals surface area contributed by atoms with Crippen LogP contribution in [0.2, 0.25) is 0 Å². The second kappa shape index (κ2) is 8.54. The SMILES string of the molecule is CC(C)(C)OC(=O)NC(Cc1ccccc1)C(O)C1CCCC1C(=O)O. The Morgan fingerprint density at radius 2 is 1.88 bits per heavy atom.